The molecule has 0 aromatic heterocycles. The van der Waals surface area contributed by atoms with Gasteiger partial charge in [-0.2, -0.15) is 13.2 Å². The third-order valence-electron chi connectivity index (χ3n) is 2.88. The summed E-state index contributed by atoms with van der Waals surface area (Å²) in [5.41, 5.74) is -1.14. The number of likely N-dealkylation sites (tertiary alicyclic amines) is 1. The Balaban J connectivity index is 2.02. The molecule has 1 fully saturated rings. The molecule has 0 spiro atoms. The van der Waals surface area contributed by atoms with Crippen molar-refractivity contribution in [3.63, 3.8) is 0 Å². The summed E-state index contributed by atoms with van der Waals surface area (Å²) in [6.45, 7) is 0.477. The Morgan fingerprint density at radius 3 is 2.63 bits per heavy atom. The van der Waals surface area contributed by atoms with E-state index in [1.807, 2.05) is 0 Å². The van der Waals surface area contributed by atoms with E-state index >= 15 is 0 Å². The third kappa shape index (κ3) is 3.23. The zero-order valence-corrected chi connectivity index (χ0v) is 9.78. The molecule has 19 heavy (non-hydrogen) atoms. The summed E-state index contributed by atoms with van der Waals surface area (Å²) in [4.78, 5) is 11.8. The molecule has 0 unspecified atom stereocenters. The van der Waals surface area contributed by atoms with Gasteiger partial charge in [-0.3, -0.25) is 4.79 Å². The molecule has 1 heterocycles. The minimum absolute atomic E-state index is 0.113. The lowest BCUT2D eigenvalue weighted by Gasteiger charge is -2.36. The highest BCUT2D eigenvalue weighted by Gasteiger charge is 2.34. The van der Waals surface area contributed by atoms with Gasteiger partial charge in [0.1, 0.15) is 5.82 Å². The van der Waals surface area contributed by atoms with Gasteiger partial charge in [0.2, 0.25) is 6.41 Å². The van der Waals surface area contributed by atoms with Crippen molar-refractivity contribution in [1.82, 2.24) is 4.90 Å². The second-order valence-corrected chi connectivity index (χ2v) is 4.29. The van der Waals surface area contributed by atoms with Crippen molar-refractivity contribution in [3.8, 4) is 0 Å². The number of hydrogen-bond acceptors (Lipinski definition) is 2. The normalized spacial score (nSPS) is 16.3. The first kappa shape index (κ1) is 13.8. The van der Waals surface area contributed by atoms with Gasteiger partial charge < -0.3 is 9.64 Å². The van der Waals surface area contributed by atoms with Crippen LogP contribution in [0.3, 0.4) is 0 Å². The molecule has 0 radical (unpaired) electrons. The lowest BCUT2D eigenvalue weighted by atomic mass is 10.1. The van der Waals surface area contributed by atoms with Crippen molar-refractivity contribution >= 4 is 6.41 Å². The van der Waals surface area contributed by atoms with Gasteiger partial charge in [0, 0.05) is 13.1 Å². The Kier molecular flexibility index (Phi) is 3.75. The Hall–Kier alpha value is -1.63. The first-order chi connectivity index (χ1) is 8.90. The maximum Gasteiger partial charge on any atom is 0.416 e. The van der Waals surface area contributed by atoms with E-state index < -0.39 is 17.6 Å². The topological polar surface area (TPSA) is 29.5 Å². The molecule has 1 aliphatic heterocycles. The number of rotatable bonds is 4. The Morgan fingerprint density at radius 1 is 1.37 bits per heavy atom. The summed E-state index contributed by atoms with van der Waals surface area (Å²) in [6.07, 6.45) is -4.23. The van der Waals surface area contributed by atoms with Crippen molar-refractivity contribution in [2.24, 2.45) is 0 Å². The first-order valence-electron chi connectivity index (χ1n) is 5.56. The van der Waals surface area contributed by atoms with Gasteiger partial charge in [-0.25, -0.2) is 4.39 Å². The summed E-state index contributed by atoms with van der Waals surface area (Å²) < 4.78 is 56.2. The van der Waals surface area contributed by atoms with Crippen molar-refractivity contribution in [2.45, 2.75) is 18.9 Å². The second kappa shape index (κ2) is 5.16. The smallest absolute Gasteiger partial charge is 0.370 e. The molecule has 0 saturated carbocycles. The lowest BCUT2D eigenvalue weighted by Crippen LogP contribution is -2.51. The minimum atomic E-state index is -4.62. The van der Waals surface area contributed by atoms with Gasteiger partial charge in [0.05, 0.1) is 18.3 Å². The van der Waals surface area contributed by atoms with E-state index in [0.717, 1.165) is 12.1 Å². The van der Waals surface area contributed by atoms with Gasteiger partial charge >= 0.3 is 6.18 Å². The van der Waals surface area contributed by atoms with Gasteiger partial charge in [-0.15, -0.1) is 0 Å². The zero-order valence-electron chi connectivity index (χ0n) is 9.78. The van der Waals surface area contributed by atoms with Crippen LogP contribution in [0.1, 0.15) is 11.1 Å². The summed E-state index contributed by atoms with van der Waals surface area (Å²) in [5.74, 6) is -0.938. The van der Waals surface area contributed by atoms with Crippen LogP contribution < -0.4 is 0 Å². The maximum atomic E-state index is 12.9. The average Bonchev–Trinajstić information content (AvgIpc) is 2.27. The zero-order chi connectivity index (χ0) is 14.0. The molecule has 1 aromatic carbocycles. The highest BCUT2D eigenvalue weighted by molar-refractivity contribution is 5.48. The highest BCUT2D eigenvalue weighted by atomic mass is 19.4. The number of benzene rings is 1. The number of alkyl halides is 3. The average molecular weight is 277 g/mol. The SMILES string of the molecule is O=CN1CC(OCc2ccc(F)cc2C(F)(F)F)C1. The van der Waals surface area contributed by atoms with E-state index in [0.29, 0.717) is 25.6 Å². The summed E-state index contributed by atoms with van der Waals surface area (Å²) in [6, 6.07) is 2.48. The van der Waals surface area contributed by atoms with Crippen molar-refractivity contribution in [3.05, 3.63) is 35.1 Å². The number of amides is 1. The summed E-state index contributed by atoms with van der Waals surface area (Å²) in [7, 11) is 0. The fourth-order valence-electron chi connectivity index (χ4n) is 1.81. The van der Waals surface area contributed by atoms with E-state index in [1.54, 1.807) is 0 Å². The van der Waals surface area contributed by atoms with E-state index in [-0.39, 0.29) is 18.3 Å². The molecule has 0 aliphatic carbocycles. The van der Waals surface area contributed by atoms with Crippen LogP contribution in [0.25, 0.3) is 0 Å². The van der Waals surface area contributed by atoms with Crippen LogP contribution in [0, 0.1) is 5.82 Å². The van der Waals surface area contributed by atoms with Gasteiger partial charge in [0.15, 0.2) is 0 Å². The van der Waals surface area contributed by atoms with Gasteiger partial charge in [-0.05, 0) is 17.7 Å². The van der Waals surface area contributed by atoms with Crippen molar-refractivity contribution < 1.29 is 27.1 Å². The number of carbonyl (C=O) groups excluding carboxylic acids is 1. The fraction of sp³-hybridized carbons (Fsp3) is 0.417. The molecule has 1 amide bonds. The molecule has 1 aromatic rings. The molecule has 0 atom stereocenters. The molecular formula is C12H11F4NO2. The minimum Gasteiger partial charge on any atom is -0.370 e. The molecule has 0 N–H and O–H groups in total. The largest absolute Gasteiger partial charge is 0.416 e. The summed E-state index contributed by atoms with van der Waals surface area (Å²) in [5, 5.41) is 0. The van der Waals surface area contributed by atoms with Gasteiger partial charge in [0.25, 0.3) is 0 Å². The van der Waals surface area contributed by atoms with E-state index in [9.17, 15) is 22.4 Å². The summed E-state index contributed by atoms with van der Waals surface area (Å²) >= 11 is 0. The van der Waals surface area contributed by atoms with Crippen LogP contribution in [0.15, 0.2) is 18.2 Å². The second-order valence-electron chi connectivity index (χ2n) is 4.29. The fourth-order valence-corrected chi connectivity index (χ4v) is 1.81. The molecule has 0 bridgehead atoms. The van der Waals surface area contributed by atoms with Crippen LogP contribution in [0.2, 0.25) is 0 Å². The number of carbonyl (C=O) groups is 1. The highest BCUT2D eigenvalue weighted by Crippen LogP contribution is 2.33. The number of nitrogens with zero attached hydrogens (tertiary/aromatic N) is 1. The molecule has 3 nitrogen and oxygen atoms in total. The number of hydrogen-bond donors (Lipinski definition) is 0. The van der Waals surface area contributed by atoms with Gasteiger partial charge in [-0.1, -0.05) is 6.07 Å². The molecule has 1 saturated heterocycles. The van der Waals surface area contributed by atoms with Crippen LogP contribution in [-0.4, -0.2) is 30.5 Å². The van der Waals surface area contributed by atoms with E-state index in [1.165, 1.54) is 4.90 Å². The molecule has 104 valence electrons. The predicted molar refractivity (Wildman–Crippen MR) is 57.6 cm³/mol. The van der Waals surface area contributed by atoms with Crippen LogP contribution in [0.4, 0.5) is 17.6 Å². The standard InChI is InChI=1S/C12H11F4NO2/c13-9-2-1-8(11(3-9)12(14,15)16)6-19-10-4-17(5-10)7-18/h1-3,7,10H,4-6H2. The molecular weight excluding hydrogens is 266 g/mol. The Labute approximate surface area is 106 Å². The van der Waals surface area contributed by atoms with Crippen LogP contribution in [0.5, 0.6) is 0 Å². The Morgan fingerprint density at radius 2 is 2.05 bits per heavy atom. The van der Waals surface area contributed by atoms with E-state index in [2.05, 4.69) is 0 Å². The first-order valence-corrected chi connectivity index (χ1v) is 5.56. The monoisotopic (exact) mass is 277 g/mol. The van der Waals surface area contributed by atoms with Crippen LogP contribution in [-0.2, 0) is 22.3 Å². The maximum absolute atomic E-state index is 12.9. The van der Waals surface area contributed by atoms with E-state index in [4.69, 9.17) is 4.74 Å². The van der Waals surface area contributed by atoms with Crippen molar-refractivity contribution in [2.75, 3.05) is 13.1 Å². The molecule has 7 heteroatoms. The third-order valence-corrected chi connectivity index (χ3v) is 2.88. The number of ether oxygens (including phenoxy) is 1. The number of halogens is 4. The Bertz CT molecular complexity index is 469. The quantitative estimate of drug-likeness (QED) is 0.623. The predicted octanol–water partition coefficient (Wildman–Crippen LogP) is 2.20. The lowest BCUT2D eigenvalue weighted by molar-refractivity contribution is -0.140. The molecule has 1 aliphatic rings. The molecule has 2 rings (SSSR count). The van der Waals surface area contributed by atoms with Crippen molar-refractivity contribution in [1.29, 1.82) is 0 Å². The van der Waals surface area contributed by atoms with Crippen LogP contribution >= 0.6 is 0 Å².